The van der Waals surface area contributed by atoms with Crippen molar-refractivity contribution in [1.82, 2.24) is 0 Å². The lowest BCUT2D eigenvalue weighted by Crippen LogP contribution is -2.03. The van der Waals surface area contributed by atoms with Crippen molar-refractivity contribution in [1.29, 1.82) is 0 Å². The maximum atomic E-state index is 5.61. The summed E-state index contributed by atoms with van der Waals surface area (Å²) in [6, 6.07) is 0. The fourth-order valence-corrected chi connectivity index (χ4v) is 1.40. The molecule has 0 aliphatic heterocycles. The highest BCUT2D eigenvalue weighted by molar-refractivity contribution is 5.01. The molecule has 14 heavy (non-hydrogen) atoms. The third-order valence-electron chi connectivity index (χ3n) is 3.10. The molecular formula is C13H22O. The van der Waals surface area contributed by atoms with Crippen LogP contribution < -0.4 is 0 Å². The fraction of sp³-hybridized carbons (Fsp3) is 0.692. The van der Waals surface area contributed by atoms with Crippen molar-refractivity contribution in [2.45, 2.75) is 40.0 Å². The van der Waals surface area contributed by atoms with Crippen molar-refractivity contribution >= 4 is 0 Å². The highest BCUT2D eigenvalue weighted by Gasteiger charge is 2.25. The summed E-state index contributed by atoms with van der Waals surface area (Å²) in [6.45, 7) is 11.3. The largest absolute Gasteiger partial charge is 0.498 e. The first-order valence-corrected chi connectivity index (χ1v) is 5.59. The molecule has 1 nitrogen and oxygen atoms in total. The van der Waals surface area contributed by atoms with Crippen LogP contribution in [0, 0.1) is 11.8 Å². The van der Waals surface area contributed by atoms with Crippen LogP contribution in [0.2, 0.25) is 0 Å². The SMILES string of the molecule is C=C(OCCC(C)C(C)=CC)C1CC1. The molecule has 1 aliphatic carbocycles. The Balaban J connectivity index is 2.10. The molecule has 0 aromatic carbocycles. The Labute approximate surface area is 87.8 Å². The standard InChI is InChI=1S/C13H22O/c1-5-10(2)11(3)8-9-14-12(4)13-6-7-13/h5,11,13H,4,6-9H2,1-3H3. The zero-order valence-electron chi connectivity index (χ0n) is 9.68. The highest BCUT2D eigenvalue weighted by atomic mass is 16.5. The molecule has 0 amide bonds. The van der Waals surface area contributed by atoms with Gasteiger partial charge in [0.2, 0.25) is 0 Å². The molecule has 1 rings (SSSR count). The Kier molecular flexibility index (Phi) is 4.24. The average molecular weight is 194 g/mol. The van der Waals surface area contributed by atoms with Crippen LogP contribution >= 0.6 is 0 Å². The maximum Gasteiger partial charge on any atom is 0.0919 e. The van der Waals surface area contributed by atoms with E-state index in [9.17, 15) is 0 Å². The van der Waals surface area contributed by atoms with Crippen molar-refractivity contribution in [2.24, 2.45) is 11.8 Å². The summed E-state index contributed by atoms with van der Waals surface area (Å²) >= 11 is 0. The van der Waals surface area contributed by atoms with E-state index in [2.05, 4.69) is 33.4 Å². The fourth-order valence-electron chi connectivity index (χ4n) is 1.40. The predicted molar refractivity (Wildman–Crippen MR) is 61.0 cm³/mol. The van der Waals surface area contributed by atoms with Gasteiger partial charge >= 0.3 is 0 Å². The van der Waals surface area contributed by atoms with E-state index in [1.165, 1.54) is 18.4 Å². The Morgan fingerprint density at radius 3 is 2.71 bits per heavy atom. The minimum absolute atomic E-state index is 0.631. The van der Waals surface area contributed by atoms with E-state index < -0.39 is 0 Å². The summed E-state index contributed by atoms with van der Waals surface area (Å²) in [5.74, 6) is 2.32. The zero-order chi connectivity index (χ0) is 10.6. The summed E-state index contributed by atoms with van der Waals surface area (Å²) in [5.41, 5.74) is 1.45. The van der Waals surface area contributed by atoms with E-state index >= 15 is 0 Å². The quantitative estimate of drug-likeness (QED) is 0.460. The van der Waals surface area contributed by atoms with E-state index in [0.29, 0.717) is 11.8 Å². The third-order valence-corrected chi connectivity index (χ3v) is 3.10. The van der Waals surface area contributed by atoms with Crippen LogP contribution in [-0.4, -0.2) is 6.61 Å². The van der Waals surface area contributed by atoms with Gasteiger partial charge in [-0.1, -0.05) is 25.2 Å². The van der Waals surface area contributed by atoms with E-state index in [0.717, 1.165) is 18.8 Å². The molecule has 1 atom stereocenters. The molecule has 0 saturated heterocycles. The number of ether oxygens (including phenoxy) is 1. The molecule has 0 aromatic rings. The van der Waals surface area contributed by atoms with Gasteiger partial charge in [0.05, 0.1) is 12.4 Å². The van der Waals surface area contributed by atoms with E-state index in [1.54, 1.807) is 0 Å². The van der Waals surface area contributed by atoms with Crippen molar-refractivity contribution in [3.8, 4) is 0 Å². The summed E-state index contributed by atoms with van der Waals surface area (Å²) in [4.78, 5) is 0. The maximum absolute atomic E-state index is 5.61. The molecule has 1 saturated carbocycles. The summed E-state index contributed by atoms with van der Waals surface area (Å²) in [5, 5.41) is 0. The van der Waals surface area contributed by atoms with Crippen LogP contribution in [-0.2, 0) is 4.74 Å². The van der Waals surface area contributed by atoms with Crippen LogP contribution in [0.3, 0.4) is 0 Å². The van der Waals surface area contributed by atoms with Crippen LogP contribution in [0.15, 0.2) is 24.0 Å². The van der Waals surface area contributed by atoms with E-state index in [1.807, 2.05) is 0 Å². The lowest BCUT2D eigenvalue weighted by Gasteiger charge is -2.13. The molecule has 0 heterocycles. The first-order valence-electron chi connectivity index (χ1n) is 5.59. The van der Waals surface area contributed by atoms with Gasteiger partial charge in [-0.15, -0.1) is 0 Å². The molecule has 1 heteroatoms. The molecule has 0 bridgehead atoms. The van der Waals surface area contributed by atoms with Crippen LogP contribution in [0.25, 0.3) is 0 Å². The molecule has 80 valence electrons. The number of hydrogen-bond acceptors (Lipinski definition) is 1. The predicted octanol–water partition coefficient (Wildman–Crippen LogP) is 3.92. The smallest absolute Gasteiger partial charge is 0.0919 e. The number of hydrogen-bond donors (Lipinski definition) is 0. The Morgan fingerprint density at radius 1 is 1.57 bits per heavy atom. The normalized spacial score (nSPS) is 19.2. The third kappa shape index (κ3) is 3.57. The van der Waals surface area contributed by atoms with Crippen LogP contribution in [0.4, 0.5) is 0 Å². The van der Waals surface area contributed by atoms with Gasteiger partial charge in [0, 0.05) is 5.92 Å². The lowest BCUT2D eigenvalue weighted by molar-refractivity contribution is 0.185. The van der Waals surface area contributed by atoms with Gasteiger partial charge in [0.25, 0.3) is 0 Å². The molecule has 1 aliphatic rings. The van der Waals surface area contributed by atoms with Crippen molar-refractivity contribution in [2.75, 3.05) is 6.61 Å². The molecule has 0 N–H and O–H groups in total. The van der Waals surface area contributed by atoms with Gasteiger partial charge in [-0.05, 0) is 39.0 Å². The Morgan fingerprint density at radius 2 is 2.21 bits per heavy atom. The van der Waals surface area contributed by atoms with Crippen molar-refractivity contribution in [3.63, 3.8) is 0 Å². The second-order valence-electron chi connectivity index (χ2n) is 4.31. The van der Waals surface area contributed by atoms with Crippen LogP contribution in [0.5, 0.6) is 0 Å². The average Bonchev–Trinajstić information content (AvgIpc) is 2.99. The summed E-state index contributed by atoms with van der Waals surface area (Å²) in [7, 11) is 0. The monoisotopic (exact) mass is 194 g/mol. The Bertz CT molecular complexity index is 223. The molecule has 1 fully saturated rings. The second kappa shape index (κ2) is 5.23. The minimum Gasteiger partial charge on any atom is -0.498 e. The molecule has 1 unspecified atom stereocenters. The van der Waals surface area contributed by atoms with Gasteiger partial charge in [-0.25, -0.2) is 0 Å². The summed E-state index contributed by atoms with van der Waals surface area (Å²) in [6.07, 6.45) is 5.84. The molecule has 0 radical (unpaired) electrons. The van der Waals surface area contributed by atoms with Gasteiger partial charge in [0.15, 0.2) is 0 Å². The Hall–Kier alpha value is -0.720. The lowest BCUT2D eigenvalue weighted by atomic mass is 10.00. The van der Waals surface area contributed by atoms with Crippen LogP contribution in [0.1, 0.15) is 40.0 Å². The van der Waals surface area contributed by atoms with Gasteiger partial charge in [0.1, 0.15) is 0 Å². The highest BCUT2D eigenvalue weighted by Crippen LogP contribution is 2.36. The molecule has 0 aromatic heterocycles. The number of allylic oxidation sites excluding steroid dienone is 3. The van der Waals surface area contributed by atoms with E-state index in [-0.39, 0.29) is 0 Å². The summed E-state index contributed by atoms with van der Waals surface area (Å²) < 4.78 is 5.61. The number of rotatable bonds is 6. The minimum atomic E-state index is 0.631. The second-order valence-corrected chi connectivity index (χ2v) is 4.31. The zero-order valence-corrected chi connectivity index (χ0v) is 9.68. The van der Waals surface area contributed by atoms with E-state index in [4.69, 9.17) is 4.74 Å². The van der Waals surface area contributed by atoms with Crippen molar-refractivity contribution < 1.29 is 4.74 Å². The molecular weight excluding hydrogens is 172 g/mol. The first-order chi connectivity index (χ1) is 6.65. The van der Waals surface area contributed by atoms with Gasteiger partial charge in [-0.2, -0.15) is 0 Å². The topological polar surface area (TPSA) is 9.23 Å². The molecule has 0 spiro atoms. The van der Waals surface area contributed by atoms with Gasteiger partial charge in [-0.3, -0.25) is 0 Å². The van der Waals surface area contributed by atoms with Crippen molar-refractivity contribution in [3.05, 3.63) is 24.0 Å². The first kappa shape index (κ1) is 11.4. The van der Waals surface area contributed by atoms with Gasteiger partial charge < -0.3 is 4.74 Å².